The third-order valence-corrected chi connectivity index (χ3v) is 4.67. The minimum atomic E-state index is -0.137. The van der Waals surface area contributed by atoms with Crippen LogP contribution in [0.3, 0.4) is 0 Å². The van der Waals surface area contributed by atoms with Gasteiger partial charge >= 0.3 is 0 Å². The fraction of sp³-hybridized carbons (Fsp3) is 0.250. The van der Waals surface area contributed by atoms with Crippen molar-refractivity contribution in [2.45, 2.75) is 6.54 Å². The lowest BCUT2D eigenvalue weighted by atomic mass is 10.2. The van der Waals surface area contributed by atoms with E-state index < -0.39 is 0 Å². The number of hydrogen-bond acceptors (Lipinski definition) is 7. The van der Waals surface area contributed by atoms with Crippen molar-refractivity contribution >= 4 is 17.5 Å². The summed E-state index contributed by atoms with van der Waals surface area (Å²) in [7, 11) is 0. The Labute approximate surface area is 163 Å². The van der Waals surface area contributed by atoms with Gasteiger partial charge in [0.25, 0.3) is 5.91 Å². The van der Waals surface area contributed by atoms with Crippen molar-refractivity contribution in [1.82, 2.24) is 25.3 Å². The third-order valence-electron chi connectivity index (χ3n) is 4.67. The van der Waals surface area contributed by atoms with Gasteiger partial charge in [-0.15, -0.1) is 0 Å². The number of nitrogens with one attached hydrogen (secondary N) is 1. The van der Waals surface area contributed by atoms with E-state index in [-0.39, 0.29) is 5.91 Å². The van der Waals surface area contributed by atoms with Crippen LogP contribution >= 0.6 is 0 Å². The Balaban J connectivity index is 1.37. The predicted octanol–water partition coefficient (Wildman–Crippen LogP) is 1.52. The van der Waals surface area contributed by atoms with Gasteiger partial charge in [0.1, 0.15) is 0 Å². The van der Waals surface area contributed by atoms with Crippen molar-refractivity contribution in [2.75, 3.05) is 36.0 Å². The Bertz CT molecular complexity index is 912. The van der Waals surface area contributed by atoms with E-state index in [1.165, 1.54) is 0 Å². The molecular weight excluding hydrogens is 354 g/mol. The highest BCUT2D eigenvalue weighted by molar-refractivity contribution is 5.94. The van der Waals surface area contributed by atoms with Crippen LogP contribution in [0.5, 0.6) is 0 Å². The van der Waals surface area contributed by atoms with E-state index in [9.17, 15) is 4.79 Å². The summed E-state index contributed by atoms with van der Waals surface area (Å²) in [5.41, 5.74) is 2.51. The van der Waals surface area contributed by atoms with Crippen LogP contribution in [-0.4, -0.2) is 52.0 Å². The van der Waals surface area contributed by atoms with Crippen LogP contribution in [-0.2, 0) is 6.54 Å². The number of hydrogen-bond donors (Lipinski definition) is 1. The summed E-state index contributed by atoms with van der Waals surface area (Å²) < 4.78 is 0. The van der Waals surface area contributed by atoms with Crippen LogP contribution in [0.25, 0.3) is 0 Å². The molecule has 142 valence electrons. The fourth-order valence-electron chi connectivity index (χ4n) is 3.13. The van der Waals surface area contributed by atoms with Crippen molar-refractivity contribution in [3.05, 3.63) is 72.6 Å². The first kappa shape index (κ1) is 17.8. The van der Waals surface area contributed by atoms with Gasteiger partial charge in [0.05, 0.1) is 17.4 Å². The second-order valence-electron chi connectivity index (χ2n) is 6.49. The number of anilines is 2. The molecule has 3 aromatic heterocycles. The maximum atomic E-state index is 12.5. The number of nitrogens with zero attached hydrogens (tertiary/aromatic N) is 6. The molecule has 4 heterocycles. The minimum absolute atomic E-state index is 0.137. The molecule has 28 heavy (non-hydrogen) atoms. The lowest BCUT2D eigenvalue weighted by Crippen LogP contribution is -2.47. The Morgan fingerprint density at radius 1 is 0.929 bits per heavy atom. The zero-order valence-electron chi connectivity index (χ0n) is 15.4. The molecule has 0 saturated carbocycles. The van der Waals surface area contributed by atoms with Crippen LogP contribution in [0.15, 0.2) is 61.4 Å². The summed E-state index contributed by atoms with van der Waals surface area (Å²) in [6.07, 6.45) is 10.3. The zero-order valence-corrected chi connectivity index (χ0v) is 15.4. The van der Waals surface area contributed by atoms with Crippen LogP contribution in [0, 0.1) is 0 Å². The SMILES string of the molecule is O=C(NCc1ccncc1)c1cncc(N2CCN(c3ncccn3)CC2)c1. The summed E-state index contributed by atoms with van der Waals surface area (Å²) in [4.78, 5) is 33.7. The van der Waals surface area contributed by atoms with Gasteiger partial charge in [-0.1, -0.05) is 0 Å². The maximum absolute atomic E-state index is 12.5. The molecule has 3 aromatic rings. The molecule has 1 N–H and O–H groups in total. The molecule has 0 aliphatic carbocycles. The highest BCUT2D eigenvalue weighted by atomic mass is 16.1. The minimum Gasteiger partial charge on any atom is -0.367 e. The molecule has 8 nitrogen and oxygen atoms in total. The molecule has 8 heteroatoms. The Kier molecular flexibility index (Phi) is 5.37. The number of carbonyl (C=O) groups is 1. The normalized spacial score (nSPS) is 14.0. The van der Waals surface area contributed by atoms with E-state index >= 15 is 0 Å². The molecule has 0 bridgehead atoms. The Morgan fingerprint density at radius 2 is 1.64 bits per heavy atom. The molecular formula is C20H21N7O. The number of carbonyl (C=O) groups excluding carboxylic acids is 1. The lowest BCUT2D eigenvalue weighted by Gasteiger charge is -2.35. The molecule has 1 amide bonds. The maximum Gasteiger partial charge on any atom is 0.253 e. The second-order valence-corrected chi connectivity index (χ2v) is 6.49. The van der Waals surface area contributed by atoms with Crippen molar-refractivity contribution < 1.29 is 4.79 Å². The smallest absolute Gasteiger partial charge is 0.253 e. The van der Waals surface area contributed by atoms with Gasteiger partial charge in [-0.25, -0.2) is 9.97 Å². The first-order valence-electron chi connectivity index (χ1n) is 9.19. The Morgan fingerprint density at radius 3 is 2.39 bits per heavy atom. The summed E-state index contributed by atoms with van der Waals surface area (Å²) in [5.74, 6) is 0.618. The van der Waals surface area contributed by atoms with E-state index in [0.717, 1.165) is 43.4 Å². The molecule has 1 aliphatic heterocycles. The highest BCUT2D eigenvalue weighted by Crippen LogP contribution is 2.18. The first-order chi connectivity index (χ1) is 13.8. The summed E-state index contributed by atoms with van der Waals surface area (Å²) in [6.45, 7) is 3.75. The molecule has 1 aliphatic rings. The quantitative estimate of drug-likeness (QED) is 0.723. The van der Waals surface area contributed by atoms with E-state index in [1.54, 1.807) is 37.2 Å². The second kappa shape index (κ2) is 8.43. The average molecular weight is 375 g/mol. The van der Waals surface area contributed by atoms with Gasteiger partial charge in [-0.2, -0.15) is 0 Å². The molecule has 0 atom stereocenters. The predicted molar refractivity (Wildman–Crippen MR) is 106 cm³/mol. The molecule has 0 aromatic carbocycles. The van der Waals surface area contributed by atoms with Crippen LogP contribution in [0.1, 0.15) is 15.9 Å². The number of aromatic nitrogens is 4. The number of amides is 1. The number of piperazine rings is 1. The van der Waals surface area contributed by atoms with Crippen molar-refractivity contribution in [1.29, 1.82) is 0 Å². The van der Waals surface area contributed by atoms with Crippen LogP contribution < -0.4 is 15.1 Å². The van der Waals surface area contributed by atoms with E-state index in [0.29, 0.717) is 12.1 Å². The summed E-state index contributed by atoms with van der Waals surface area (Å²) >= 11 is 0. The summed E-state index contributed by atoms with van der Waals surface area (Å²) in [6, 6.07) is 7.47. The van der Waals surface area contributed by atoms with Gasteiger partial charge in [0, 0.05) is 63.7 Å². The molecule has 0 radical (unpaired) electrons. The third kappa shape index (κ3) is 4.22. The average Bonchev–Trinajstić information content (AvgIpc) is 2.79. The van der Waals surface area contributed by atoms with E-state index in [1.807, 2.05) is 24.3 Å². The van der Waals surface area contributed by atoms with E-state index in [4.69, 9.17) is 0 Å². The van der Waals surface area contributed by atoms with Gasteiger partial charge < -0.3 is 15.1 Å². The fourth-order valence-corrected chi connectivity index (χ4v) is 3.13. The zero-order chi connectivity index (χ0) is 19.2. The van der Waals surface area contributed by atoms with Gasteiger partial charge in [0.2, 0.25) is 5.95 Å². The molecule has 0 spiro atoms. The van der Waals surface area contributed by atoms with Crippen molar-refractivity contribution in [3.63, 3.8) is 0 Å². The van der Waals surface area contributed by atoms with Gasteiger partial charge in [-0.3, -0.25) is 14.8 Å². The van der Waals surface area contributed by atoms with Gasteiger partial charge in [0.15, 0.2) is 0 Å². The standard InChI is InChI=1S/C20H21N7O/c28-19(25-13-16-2-6-21-7-3-16)17-12-18(15-22-14-17)26-8-10-27(11-9-26)20-23-4-1-5-24-20/h1-7,12,14-15H,8-11,13H2,(H,25,28). The number of pyridine rings is 2. The molecule has 0 unspecified atom stereocenters. The lowest BCUT2D eigenvalue weighted by molar-refractivity contribution is 0.0950. The molecule has 1 saturated heterocycles. The van der Waals surface area contributed by atoms with Crippen molar-refractivity contribution in [2.24, 2.45) is 0 Å². The summed E-state index contributed by atoms with van der Waals surface area (Å²) in [5, 5.41) is 2.92. The molecule has 4 rings (SSSR count). The first-order valence-corrected chi connectivity index (χ1v) is 9.19. The van der Waals surface area contributed by atoms with Crippen LogP contribution in [0.4, 0.5) is 11.6 Å². The largest absolute Gasteiger partial charge is 0.367 e. The monoisotopic (exact) mass is 375 g/mol. The topological polar surface area (TPSA) is 87.1 Å². The van der Waals surface area contributed by atoms with Crippen LogP contribution in [0.2, 0.25) is 0 Å². The molecule has 1 fully saturated rings. The number of rotatable bonds is 5. The van der Waals surface area contributed by atoms with Crippen molar-refractivity contribution in [3.8, 4) is 0 Å². The highest BCUT2D eigenvalue weighted by Gasteiger charge is 2.20. The van der Waals surface area contributed by atoms with Gasteiger partial charge in [-0.05, 0) is 29.8 Å². The Hall–Kier alpha value is -3.55. The van der Waals surface area contributed by atoms with E-state index in [2.05, 4.69) is 35.1 Å².